The fourth-order valence-electron chi connectivity index (χ4n) is 2.51. The summed E-state index contributed by atoms with van der Waals surface area (Å²) in [5.74, 6) is 0. The molecule has 19 heavy (non-hydrogen) atoms. The van der Waals surface area contributed by atoms with E-state index in [1.54, 1.807) is 0 Å². The van der Waals surface area contributed by atoms with Crippen LogP contribution in [0.2, 0.25) is 0 Å². The lowest BCUT2D eigenvalue weighted by atomic mass is 10.3. The number of likely N-dealkylation sites (N-methyl/N-ethyl adjacent to an activating group) is 1. The lowest BCUT2D eigenvalue weighted by Crippen LogP contribution is -2.33. The van der Waals surface area contributed by atoms with Gasteiger partial charge >= 0.3 is 0 Å². The van der Waals surface area contributed by atoms with Gasteiger partial charge in [0, 0.05) is 32.2 Å². The molecule has 1 saturated carbocycles. The summed E-state index contributed by atoms with van der Waals surface area (Å²) in [6.07, 6.45) is 2.78. The molecule has 0 atom stereocenters. The number of hydrogen-bond donors (Lipinski definition) is 1. The molecule has 2 rings (SSSR count). The topological polar surface area (TPSA) is 33.1 Å². The number of halogens is 1. The molecule has 0 aromatic carbocycles. The number of nitrogens with one attached hydrogen (secondary N) is 1. The van der Waals surface area contributed by atoms with Crippen LogP contribution in [0.25, 0.3) is 0 Å². The lowest BCUT2D eigenvalue weighted by Gasteiger charge is -2.19. The number of hydrogen-bond acceptors (Lipinski definition) is 3. The van der Waals surface area contributed by atoms with Crippen molar-refractivity contribution in [1.82, 2.24) is 20.0 Å². The molecule has 1 aromatic rings. The minimum Gasteiger partial charge on any atom is -0.310 e. The molecule has 5 heteroatoms. The first-order chi connectivity index (χ1) is 9.17. The average molecular weight is 329 g/mol. The molecule has 1 fully saturated rings. The Labute approximate surface area is 124 Å². The van der Waals surface area contributed by atoms with Crippen molar-refractivity contribution >= 4 is 15.9 Å². The van der Waals surface area contributed by atoms with Crippen molar-refractivity contribution < 1.29 is 0 Å². The van der Waals surface area contributed by atoms with Gasteiger partial charge in [-0.3, -0.25) is 9.58 Å². The van der Waals surface area contributed by atoms with Crippen LogP contribution in [0, 0.1) is 6.92 Å². The van der Waals surface area contributed by atoms with E-state index < -0.39 is 0 Å². The molecule has 1 aliphatic carbocycles. The zero-order chi connectivity index (χ0) is 13.8. The molecule has 0 amide bonds. The van der Waals surface area contributed by atoms with Crippen LogP contribution in [0.5, 0.6) is 0 Å². The second-order valence-corrected chi connectivity index (χ2v) is 5.99. The predicted octanol–water partition coefficient (Wildman–Crippen LogP) is 2.55. The van der Waals surface area contributed by atoms with Crippen LogP contribution in [-0.4, -0.2) is 40.4 Å². The van der Waals surface area contributed by atoms with Crippen LogP contribution in [0.3, 0.4) is 0 Å². The molecule has 1 heterocycles. The second-order valence-electron chi connectivity index (χ2n) is 5.20. The summed E-state index contributed by atoms with van der Waals surface area (Å²) in [6.45, 7) is 11.6. The Hall–Kier alpha value is -0.390. The van der Waals surface area contributed by atoms with Gasteiger partial charge in [-0.2, -0.15) is 5.10 Å². The number of nitrogens with zero attached hydrogens (tertiary/aromatic N) is 3. The van der Waals surface area contributed by atoms with E-state index in [0.29, 0.717) is 0 Å². The zero-order valence-electron chi connectivity index (χ0n) is 12.2. The van der Waals surface area contributed by atoms with Crippen molar-refractivity contribution in [1.29, 1.82) is 0 Å². The molecule has 1 aliphatic rings. The maximum atomic E-state index is 4.52. The van der Waals surface area contributed by atoms with E-state index in [9.17, 15) is 0 Å². The molecule has 0 spiro atoms. The average Bonchev–Trinajstić information content (AvgIpc) is 3.20. The van der Waals surface area contributed by atoms with E-state index in [2.05, 4.69) is 49.8 Å². The first kappa shape index (κ1) is 15.0. The Kier molecular flexibility index (Phi) is 5.42. The van der Waals surface area contributed by atoms with Crippen LogP contribution in [0.4, 0.5) is 0 Å². The SMILES string of the molecule is CCN(CCNCc1c(Br)c(C)nn1CC)C1CC1. The highest BCUT2D eigenvalue weighted by Gasteiger charge is 2.27. The smallest absolute Gasteiger partial charge is 0.0739 e. The first-order valence-electron chi connectivity index (χ1n) is 7.33. The van der Waals surface area contributed by atoms with Crippen molar-refractivity contribution in [2.45, 2.75) is 52.7 Å². The van der Waals surface area contributed by atoms with Gasteiger partial charge in [-0.15, -0.1) is 0 Å². The Morgan fingerprint density at radius 2 is 2.16 bits per heavy atom. The molecule has 108 valence electrons. The summed E-state index contributed by atoms with van der Waals surface area (Å²) >= 11 is 3.64. The van der Waals surface area contributed by atoms with Gasteiger partial charge in [0.05, 0.1) is 15.9 Å². The maximum absolute atomic E-state index is 4.52. The highest BCUT2D eigenvalue weighted by Crippen LogP contribution is 2.26. The molecule has 0 bridgehead atoms. The Morgan fingerprint density at radius 3 is 2.74 bits per heavy atom. The van der Waals surface area contributed by atoms with E-state index in [1.807, 2.05) is 6.92 Å². The zero-order valence-corrected chi connectivity index (χ0v) is 13.8. The van der Waals surface area contributed by atoms with Crippen molar-refractivity contribution in [2.75, 3.05) is 19.6 Å². The summed E-state index contributed by atoms with van der Waals surface area (Å²) < 4.78 is 3.22. The van der Waals surface area contributed by atoms with Crippen molar-refractivity contribution in [3.8, 4) is 0 Å². The predicted molar refractivity (Wildman–Crippen MR) is 82.3 cm³/mol. The van der Waals surface area contributed by atoms with Crippen LogP contribution in [0.1, 0.15) is 38.1 Å². The second kappa shape index (κ2) is 6.86. The van der Waals surface area contributed by atoms with Gasteiger partial charge < -0.3 is 5.32 Å². The fourth-order valence-corrected chi connectivity index (χ4v) is 2.93. The molecule has 0 radical (unpaired) electrons. The minimum atomic E-state index is 0.863. The first-order valence-corrected chi connectivity index (χ1v) is 8.13. The van der Waals surface area contributed by atoms with Crippen molar-refractivity contribution in [2.24, 2.45) is 0 Å². The van der Waals surface area contributed by atoms with Crippen LogP contribution in [-0.2, 0) is 13.1 Å². The highest BCUT2D eigenvalue weighted by atomic mass is 79.9. The van der Waals surface area contributed by atoms with Crippen molar-refractivity contribution in [3.63, 3.8) is 0 Å². The fraction of sp³-hybridized carbons (Fsp3) is 0.786. The summed E-state index contributed by atoms with van der Waals surface area (Å²) in [6, 6.07) is 0.863. The van der Waals surface area contributed by atoms with Crippen LogP contribution < -0.4 is 5.32 Å². The molecule has 0 unspecified atom stereocenters. The van der Waals surface area contributed by atoms with Gasteiger partial charge in [0.15, 0.2) is 0 Å². The normalized spacial score (nSPS) is 15.4. The van der Waals surface area contributed by atoms with Gasteiger partial charge in [0.1, 0.15) is 0 Å². The maximum Gasteiger partial charge on any atom is 0.0739 e. The minimum absolute atomic E-state index is 0.863. The molecule has 1 aromatic heterocycles. The molecule has 1 N–H and O–H groups in total. The van der Waals surface area contributed by atoms with Crippen molar-refractivity contribution in [3.05, 3.63) is 15.9 Å². The number of aryl methyl sites for hydroxylation is 2. The monoisotopic (exact) mass is 328 g/mol. The number of aromatic nitrogens is 2. The van der Waals surface area contributed by atoms with E-state index in [0.717, 1.165) is 42.4 Å². The standard InChI is InChI=1S/C14H25BrN4/c1-4-18(12-6-7-12)9-8-16-10-13-14(15)11(3)17-19(13)5-2/h12,16H,4-10H2,1-3H3. The van der Waals surface area contributed by atoms with Gasteiger partial charge in [-0.25, -0.2) is 0 Å². The highest BCUT2D eigenvalue weighted by molar-refractivity contribution is 9.10. The van der Waals surface area contributed by atoms with E-state index >= 15 is 0 Å². The molecular formula is C14H25BrN4. The summed E-state index contributed by atoms with van der Waals surface area (Å²) in [4.78, 5) is 2.57. The van der Waals surface area contributed by atoms with Gasteiger partial charge in [0.2, 0.25) is 0 Å². The third-order valence-electron chi connectivity index (χ3n) is 3.79. The van der Waals surface area contributed by atoms with Gasteiger partial charge in [-0.05, 0) is 49.2 Å². The Bertz CT molecular complexity index is 412. The Balaban J connectivity index is 1.78. The summed E-state index contributed by atoms with van der Waals surface area (Å²) in [5.41, 5.74) is 2.33. The van der Waals surface area contributed by atoms with E-state index in [4.69, 9.17) is 0 Å². The molecular weight excluding hydrogens is 304 g/mol. The summed E-state index contributed by atoms with van der Waals surface area (Å²) in [7, 11) is 0. The molecule has 0 saturated heterocycles. The lowest BCUT2D eigenvalue weighted by molar-refractivity contribution is 0.276. The molecule has 0 aliphatic heterocycles. The number of rotatable bonds is 8. The largest absolute Gasteiger partial charge is 0.310 e. The van der Waals surface area contributed by atoms with E-state index in [-0.39, 0.29) is 0 Å². The van der Waals surface area contributed by atoms with E-state index in [1.165, 1.54) is 25.1 Å². The Morgan fingerprint density at radius 1 is 1.42 bits per heavy atom. The van der Waals surface area contributed by atoms with Gasteiger partial charge in [-0.1, -0.05) is 6.92 Å². The van der Waals surface area contributed by atoms with Crippen LogP contribution >= 0.6 is 15.9 Å². The van der Waals surface area contributed by atoms with Crippen LogP contribution in [0.15, 0.2) is 4.47 Å². The molecule has 4 nitrogen and oxygen atoms in total. The quantitative estimate of drug-likeness (QED) is 0.744. The summed E-state index contributed by atoms with van der Waals surface area (Å²) in [5, 5.41) is 8.06. The third kappa shape index (κ3) is 3.80. The van der Waals surface area contributed by atoms with Gasteiger partial charge in [0.25, 0.3) is 0 Å². The third-order valence-corrected chi connectivity index (χ3v) is 4.82.